The van der Waals surface area contributed by atoms with Crippen LogP contribution in [0.1, 0.15) is 48.4 Å². The SMILES string of the molecule is C=CC1CCC1.CN=C/C=C(\N)C(C)NC.Cc1cc(F)c2c(c1)/C2=C(/N)c1ccc(F)cc1. The van der Waals surface area contributed by atoms with Crippen molar-refractivity contribution in [1.29, 1.82) is 0 Å². The first-order valence-corrected chi connectivity index (χ1v) is 11.5. The molecule has 0 amide bonds. The van der Waals surface area contributed by atoms with Gasteiger partial charge in [-0.2, -0.15) is 0 Å². The number of benzene rings is 2. The van der Waals surface area contributed by atoms with Crippen molar-refractivity contribution >= 4 is 17.5 Å². The van der Waals surface area contributed by atoms with Crippen molar-refractivity contribution in [2.24, 2.45) is 22.4 Å². The number of halogens is 2. The molecule has 0 spiro atoms. The molecule has 0 saturated heterocycles. The second-order valence-electron chi connectivity index (χ2n) is 8.48. The van der Waals surface area contributed by atoms with E-state index in [1.54, 1.807) is 31.5 Å². The van der Waals surface area contributed by atoms with Crippen LogP contribution < -0.4 is 16.8 Å². The van der Waals surface area contributed by atoms with Crippen molar-refractivity contribution in [3.8, 4) is 0 Å². The number of fused-ring (bicyclic) bond motifs is 1. The van der Waals surface area contributed by atoms with E-state index in [0.29, 0.717) is 16.8 Å². The molecule has 0 radical (unpaired) electrons. The van der Waals surface area contributed by atoms with Gasteiger partial charge in [0.15, 0.2) is 0 Å². The fourth-order valence-electron chi connectivity index (χ4n) is 3.34. The van der Waals surface area contributed by atoms with Crippen LogP contribution in [0, 0.1) is 24.5 Å². The molecule has 2 aromatic carbocycles. The van der Waals surface area contributed by atoms with Crippen LogP contribution in [0.5, 0.6) is 0 Å². The molecule has 6 heteroatoms. The maximum atomic E-state index is 13.7. The van der Waals surface area contributed by atoms with Crippen molar-refractivity contribution in [2.75, 3.05) is 14.1 Å². The molecule has 2 aromatic rings. The molecule has 1 saturated carbocycles. The van der Waals surface area contributed by atoms with E-state index >= 15 is 0 Å². The molecule has 0 heterocycles. The number of allylic oxidation sites excluding steroid dienone is 2. The highest BCUT2D eigenvalue weighted by Gasteiger charge is 2.32. The maximum absolute atomic E-state index is 13.7. The largest absolute Gasteiger partial charge is 0.401 e. The predicted molar refractivity (Wildman–Crippen MR) is 140 cm³/mol. The van der Waals surface area contributed by atoms with Crippen molar-refractivity contribution < 1.29 is 8.78 Å². The second-order valence-corrected chi connectivity index (χ2v) is 8.48. The summed E-state index contributed by atoms with van der Waals surface area (Å²) < 4.78 is 26.5. The van der Waals surface area contributed by atoms with Crippen LogP contribution in [-0.4, -0.2) is 26.4 Å². The second kappa shape index (κ2) is 12.8. The minimum Gasteiger partial charge on any atom is -0.401 e. The van der Waals surface area contributed by atoms with Crippen molar-refractivity contribution in [3.63, 3.8) is 0 Å². The standard InChI is InChI=1S/C15H11F2N.C7H15N3.C6H10/c1-8-6-11-13(12(17)7-8)14(11)15(18)9-2-4-10(16)5-3-9;1-6(10-3)7(8)4-5-9-2;1-2-6-4-3-5-6/h2-7H,18H2,1H3;4-6,10H,8H2,1-3H3;2,6H,1,3-5H2/b15-14-;7-4-,9-5?;. The van der Waals surface area contributed by atoms with E-state index in [-0.39, 0.29) is 17.7 Å². The molecule has 4 rings (SSSR count). The molecule has 0 bridgehead atoms. The summed E-state index contributed by atoms with van der Waals surface area (Å²) in [6, 6.07) is 9.50. The van der Waals surface area contributed by atoms with Crippen molar-refractivity contribution in [3.05, 3.63) is 94.7 Å². The lowest BCUT2D eigenvalue weighted by molar-refractivity contribution is 0.388. The van der Waals surface area contributed by atoms with Gasteiger partial charge in [0.05, 0.1) is 0 Å². The minimum absolute atomic E-state index is 0.220. The number of rotatable bonds is 5. The molecule has 34 heavy (non-hydrogen) atoms. The summed E-state index contributed by atoms with van der Waals surface area (Å²) in [5.41, 5.74) is 16.7. The Bertz CT molecular complexity index is 1060. The summed E-state index contributed by atoms with van der Waals surface area (Å²) in [7, 11) is 3.59. The number of nitrogens with zero attached hydrogens (tertiary/aromatic N) is 1. The number of likely N-dealkylation sites (N-methyl/N-ethyl adjacent to an activating group) is 1. The van der Waals surface area contributed by atoms with Crippen LogP contribution in [0.4, 0.5) is 8.78 Å². The van der Waals surface area contributed by atoms with E-state index < -0.39 is 0 Å². The lowest BCUT2D eigenvalue weighted by Gasteiger charge is -2.20. The van der Waals surface area contributed by atoms with Crippen LogP contribution in [-0.2, 0) is 0 Å². The van der Waals surface area contributed by atoms with Crippen LogP contribution in [0.3, 0.4) is 0 Å². The molecule has 2 aliphatic carbocycles. The zero-order valence-electron chi connectivity index (χ0n) is 20.5. The Balaban J connectivity index is 0.000000215. The van der Waals surface area contributed by atoms with Crippen LogP contribution >= 0.6 is 0 Å². The number of hydrogen-bond donors (Lipinski definition) is 3. The predicted octanol–water partition coefficient (Wildman–Crippen LogP) is 5.57. The average Bonchev–Trinajstić information content (AvgIpc) is 3.51. The van der Waals surface area contributed by atoms with Gasteiger partial charge in [-0.05, 0) is 92.8 Å². The van der Waals surface area contributed by atoms with Crippen molar-refractivity contribution in [1.82, 2.24) is 5.32 Å². The quantitative estimate of drug-likeness (QED) is 0.340. The summed E-state index contributed by atoms with van der Waals surface area (Å²) in [5.74, 6) is 0.321. The van der Waals surface area contributed by atoms with E-state index in [0.717, 1.165) is 28.3 Å². The van der Waals surface area contributed by atoms with Gasteiger partial charge in [0.2, 0.25) is 0 Å². The Labute approximate surface area is 202 Å². The summed E-state index contributed by atoms with van der Waals surface area (Å²) in [6.07, 6.45) is 9.75. The molecule has 1 fully saturated rings. The van der Waals surface area contributed by atoms with Gasteiger partial charge in [0, 0.05) is 41.8 Å². The topological polar surface area (TPSA) is 76.4 Å². The summed E-state index contributed by atoms with van der Waals surface area (Å²) in [4.78, 5) is 3.78. The Morgan fingerprint density at radius 2 is 1.82 bits per heavy atom. The van der Waals surface area contributed by atoms with Gasteiger partial charge in [-0.3, -0.25) is 4.99 Å². The lowest BCUT2D eigenvalue weighted by atomic mass is 9.86. The molecule has 0 aromatic heterocycles. The molecular weight excluding hydrogens is 430 g/mol. The normalized spacial score (nSPS) is 16.8. The first-order valence-electron chi connectivity index (χ1n) is 11.5. The Morgan fingerprint density at radius 3 is 2.29 bits per heavy atom. The number of aliphatic imine (C=N–C) groups is 1. The Kier molecular flexibility index (Phi) is 10.2. The van der Waals surface area contributed by atoms with E-state index in [1.807, 2.05) is 27.0 Å². The molecule has 4 nitrogen and oxygen atoms in total. The fourth-order valence-corrected chi connectivity index (χ4v) is 3.34. The molecule has 5 N–H and O–H groups in total. The third-order valence-corrected chi connectivity index (χ3v) is 5.95. The highest BCUT2D eigenvalue weighted by Crippen LogP contribution is 2.47. The Hall–Kier alpha value is -3.25. The zero-order valence-corrected chi connectivity index (χ0v) is 20.5. The van der Waals surface area contributed by atoms with E-state index in [4.69, 9.17) is 11.5 Å². The number of nitrogens with one attached hydrogen (secondary N) is 1. The maximum Gasteiger partial charge on any atom is 0.132 e. The number of nitrogens with two attached hydrogens (primary N) is 2. The van der Waals surface area contributed by atoms with Gasteiger partial charge < -0.3 is 16.8 Å². The van der Waals surface area contributed by atoms with E-state index in [9.17, 15) is 8.78 Å². The average molecular weight is 467 g/mol. The fraction of sp³-hybridized carbons (Fsp3) is 0.321. The first-order chi connectivity index (χ1) is 16.2. The third-order valence-electron chi connectivity index (χ3n) is 5.95. The van der Waals surface area contributed by atoms with E-state index in [2.05, 4.69) is 23.0 Å². The number of hydrogen-bond acceptors (Lipinski definition) is 4. The van der Waals surface area contributed by atoms with Gasteiger partial charge in [-0.1, -0.05) is 18.6 Å². The summed E-state index contributed by atoms with van der Waals surface area (Å²) in [5, 5.41) is 3.02. The highest BCUT2D eigenvalue weighted by atomic mass is 19.1. The Morgan fingerprint density at radius 1 is 1.18 bits per heavy atom. The zero-order chi connectivity index (χ0) is 25.3. The highest BCUT2D eigenvalue weighted by molar-refractivity contribution is 6.12. The summed E-state index contributed by atoms with van der Waals surface area (Å²) in [6.45, 7) is 7.52. The molecule has 2 aliphatic rings. The molecule has 1 atom stereocenters. The first kappa shape index (κ1) is 27.0. The van der Waals surface area contributed by atoms with Gasteiger partial charge >= 0.3 is 0 Å². The summed E-state index contributed by atoms with van der Waals surface area (Å²) >= 11 is 0. The van der Waals surface area contributed by atoms with Gasteiger partial charge in [-0.25, -0.2) is 8.78 Å². The number of aryl methyl sites for hydroxylation is 1. The van der Waals surface area contributed by atoms with Crippen LogP contribution in [0.25, 0.3) is 11.3 Å². The lowest BCUT2D eigenvalue weighted by Crippen LogP contribution is -2.27. The van der Waals surface area contributed by atoms with E-state index in [1.165, 1.54) is 37.5 Å². The monoisotopic (exact) mass is 466 g/mol. The van der Waals surface area contributed by atoms with Gasteiger partial charge in [0.1, 0.15) is 11.6 Å². The minimum atomic E-state index is -0.313. The van der Waals surface area contributed by atoms with Crippen molar-refractivity contribution in [2.45, 2.75) is 39.2 Å². The molecule has 1 unspecified atom stereocenters. The van der Waals surface area contributed by atoms with Gasteiger partial charge in [-0.15, -0.1) is 6.58 Å². The van der Waals surface area contributed by atoms with Crippen LogP contribution in [0.15, 0.2) is 65.8 Å². The molecular formula is C28H36F2N4. The van der Waals surface area contributed by atoms with Crippen LogP contribution in [0.2, 0.25) is 0 Å². The molecule has 182 valence electrons. The smallest absolute Gasteiger partial charge is 0.132 e. The third kappa shape index (κ3) is 7.39. The van der Waals surface area contributed by atoms with Gasteiger partial charge in [0.25, 0.3) is 0 Å². The molecule has 0 aliphatic heterocycles.